The Morgan fingerprint density at radius 2 is 2.07 bits per heavy atom. The molecule has 5 rings (SSSR count). The van der Waals surface area contributed by atoms with Crippen LogP contribution >= 0.6 is 0 Å². The van der Waals surface area contributed by atoms with Crippen molar-refractivity contribution in [2.24, 2.45) is 22.7 Å². The van der Waals surface area contributed by atoms with Crippen LogP contribution < -0.4 is 0 Å². The molecule has 0 aliphatic heterocycles. The summed E-state index contributed by atoms with van der Waals surface area (Å²) in [4.78, 5) is 16.3. The minimum Gasteiger partial charge on any atom is -0.504 e. The minimum absolute atomic E-state index is 0.00126. The largest absolute Gasteiger partial charge is 0.504 e. The molecule has 0 saturated heterocycles. The zero-order valence-corrected chi connectivity index (χ0v) is 15.9. The van der Waals surface area contributed by atoms with E-state index in [0.29, 0.717) is 18.3 Å². The van der Waals surface area contributed by atoms with E-state index in [0.717, 1.165) is 24.8 Å². The molecular weight excluding hydrogens is 334 g/mol. The van der Waals surface area contributed by atoms with Crippen LogP contribution in [0.3, 0.4) is 0 Å². The summed E-state index contributed by atoms with van der Waals surface area (Å²) in [5, 5.41) is 10.4. The number of hydrogen-bond donors (Lipinski definition) is 1. The Hall–Kier alpha value is -2.42. The first-order chi connectivity index (χ1) is 12.9. The smallest absolute Gasteiger partial charge is 0.197 e. The van der Waals surface area contributed by atoms with Gasteiger partial charge in [0.2, 0.25) is 0 Å². The molecule has 0 amide bonds. The standard InChI is InChI=1S/C24H25NO2/c1-23-11-9-19-16(5-6-20-22(27)21(26)10-12-24(19,20)2)18(23)8-7-17(23)15-4-3-13-25-14-15/h3-8,13-14,16,19,27H,9-12H2,1-2H3/t16?,19?,23-,24-/m1/s1. The fraction of sp³-hybridized carbons (Fsp3) is 0.417. The number of hydrogen-bond acceptors (Lipinski definition) is 3. The van der Waals surface area contributed by atoms with Crippen LogP contribution in [0.4, 0.5) is 0 Å². The number of nitrogens with zero attached hydrogens (tertiary/aromatic N) is 1. The Kier molecular flexibility index (Phi) is 3.43. The van der Waals surface area contributed by atoms with E-state index in [-0.39, 0.29) is 22.4 Å². The summed E-state index contributed by atoms with van der Waals surface area (Å²) in [7, 11) is 0. The molecule has 3 heteroatoms. The SMILES string of the molecule is C[C@]12CCC3C(C=CC4=C(O)C(=O)CC[C@@]43C)C1=CC=C2c1cccnc1. The molecule has 1 aromatic rings. The fourth-order valence-electron chi connectivity index (χ4n) is 6.09. The highest BCUT2D eigenvalue weighted by Gasteiger charge is 2.54. The Balaban J connectivity index is 1.56. The number of aromatic nitrogens is 1. The van der Waals surface area contributed by atoms with Crippen LogP contribution in [-0.2, 0) is 4.79 Å². The molecule has 138 valence electrons. The highest BCUT2D eigenvalue weighted by atomic mass is 16.3. The first-order valence-electron chi connectivity index (χ1n) is 9.93. The highest BCUT2D eigenvalue weighted by molar-refractivity contribution is 5.95. The van der Waals surface area contributed by atoms with Gasteiger partial charge in [-0.2, -0.15) is 0 Å². The fourth-order valence-corrected chi connectivity index (χ4v) is 6.09. The molecule has 1 saturated carbocycles. The molecule has 4 aliphatic rings. The lowest BCUT2D eigenvalue weighted by Crippen LogP contribution is -2.46. The van der Waals surface area contributed by atoms with E-state index in [1.165, 1.54) is 16.7 Å². The van der Waals surface area contributed by atoms with Crippen molar-refractivity contribution in [1.82, 2.24) is 4.98 Å². The van der Waals surface area contributed by atoms with Gasteiger partial charge in [-0.15, -0.1) is 0 Å². The summed E-state index contributed by atoms with van der Waals surface area (Å²) in [5.41, 5.74) is 4.84. The van der Waals surface area contributed by atoms with Crippen LogP contribution in [0.2, 0.25) is 0 Å². The molecule has 1 heterocycles. The molecule has 2 unspecified atom stereocenters. The lowest BCUT2D eigenvalue weighted by atomic mass is 9.50. The van der Waals surface area contributed by atoms with E-state index < -0.39 is 0 Å². The molecule has 27 heavy (non-hydrogen) atoms. The summed E-state index contributed by atoms with van der Waals surface area (Å²) >= 11 is 0. The molecule has 1 aromatic heterocycles. The predicted molar refractivity (Wildman–Crippen MR) is 106 cm³/mol. The van der Waals surface area contributed by atoms with E-state index in [2.05, 4.69) is 43.1 Å². The Morgan fingerprint density at radius 3 is 2.85 bits per heavy atom. The van der Waals surface area contributed by atoms with Gasteiger partial charge in [-0.1, -0.05) is 49.8 Å². The maximum Gasteiger partial charge on any atom is 0.197 e. The van der Waals surface area contributed by atoms with Gasteiger partial charge in [0.05, 0.1) is 0 Å². The van der Waals surface area contributed by atoms with Crippen LogP contribution in [0.25, 0.3) is 5.57 Å². The molecule has 1 fully saturated rings. The molecule has 3 nitrogen and oxygen atoms in total. The molecule has 0 bridgehead atoms. The molecular formula is C24H25NO2. The monoisotopic (exact) mass is 359 g/mol. The number of carbonyl (C=O) groups is 1. The number of ketones is 1. The number of rotatable bonds is 1. The highest BCUT2D eigenvalue weighted by Crippen LogP contribution is 2.63. The number of aliphatic hydroxyl groups excluding tert-OH is 1. The normalized spacial score (nSPS) is 37.3. The molecule has 4 atom stereocenters. The van der Waals surface area contributed by atoms with E-state index in [1.807, 2.05) is 24.5 Å². The predicted octanol–water partition coefficient (Wildman–Crippen LogP) is 5.19. The van der Waals surface area contributed by atoms with Crippen molar-refractivity contribution in [3.63, 3.8) is 0 Å². The van der Waals surface area contributed by atoms with E-state index >= 15 is 0 Å². The lowest BCUT2D eigenvalue weighted by molar-refractivity contribution is -0.120. The van der Waals surface area contributed by atoms with E-state index in [9.17, 15) is 9.90 Å². The quantitative estimate of drug-likeness (QED) is 0.751. The molecule has 0 spiro atoms. The summed E-state index contributed by atoms with van der Waals surface area (Å²) in [6, 6.07) is 4.15. The van der Waals surface area contributed by atoms with Crippen LogP contribution in [0.15, 0.2) is 65.7 Å². The topological polar surface area (TPSA) is 50.2 Å². The van der Waals surface area contributed by atoms with Gasteiger partial charge >= 0.3 is 0 Å². The Labute approximate surface area is 160 Å². The van der Waals surface area contributed by atoms with Crippen molar-refractivity contribution in [3.05, 3.63) is 71.3 Å². The maximum atomic E-state index is 12.0. The number of fused-ring (bicyclic) bond motifs is 5. The van der Waals surface area contributed by atoms with Crippen molar-refractivity contribution in [3.8, 4) is 0 Å². The first-order valence-corrected chi connectivity index (χ1v) is 9.93. The summed E-state index contributed by atoms with van der Waals surface area (Å²) < 4.78 is 0. The van der Waals surface area contributed by atoms with Crippen LogP contribution in [-0.4, -0.2) is 15.9 Å². The van der Waals surface area contributed by atoms with Gasteiger partial charge in [0.25, 0.3) is 0 Å². The van der Waals surface area contributed by atoms with Crippen molar-refractivity contribution < 1.29 is 9.90 Å². The number of aliphatic hydroxyl groups is 1. The van der Waals surface area contributed by atoms with Gasteiger partial charge in [0.15, 0.2) is 11.5 Å². The molecule has 1 N–H and O–H groups in total. The second kappa shape index (κ2) is 5.54. The first kappa shape index (κ1) is 16.7. The van der Waals surface area contributed by atoms with Crippen LogP contribution in [0.5, 0.6) is 0 Å². The number of Topliss-reactive ketones (excluding diaryl/α,β-unsaturated/α-hetero) is 1. The van der Waals surface area contributed by atoms with Crippen molar-refractivity contribution in [2.45, 2.75) is 39.5 Å². The van der Waals surface area contributed by atoms with Gasteiger partial charge in [0, 0.05) is 41.1 Å². The van der Waals surface area contributed by atoms with Gasteiger partial charge in [-0.25, -0.2) is 0 Å². The average Bonchev–Trinajstić information content (AvgIpc) is 3.03. The zero-order chi connectivity index (χ0) is 18.8. The summed E-state index contributed by atoms with van der Waals surface area (Å²) in [5.74, 6) is 0.700. The maximum absolute atomic E-state index is 12.0. The lowest BCUT2D eigenvalue weighted by Gasteiger charge is -2.53. The molecule has 0 radical (unpaired) electrons. The van der Waals surface area contributed by atoms with Crippen LogP contribution in [0.1, 0.15) is 45.1 Å². The Bertz CT molecular complexity index is 952. The Morgan fingerprint density at radius 1 is 1.22 bits per heavy atom. The summed E-state index contributed by atoms with van der Waals surface area (Å²) in [6.45, 7) is 4.62. The van der Waals surface area contributed by atoms with Crippen LogP contribution in [0, 0.1) is 22.7 Å². The van der Waals surface area contributed by atoms with Crippen molar-refractivity contribution in [2.75, 3.05) is 0 Å². The van der Waals surface area contributed by atoms with E-state index in [1.54, 1.807) is 0 Å². The average molecular weight is 359 g/mol. The number of pyridine rings is 1. The second-order valence-corrected chi connectivity index (χ2v) is 8.91. The number of allylic oxidation sites excluding steroid dienone is 8. The third-order valence-electron chi connectivity index (χ3n) is 7.68. The molecule has 4 aliphatic carbocycles. The van der Waals surface area contributed by atoms with Gasteiger partial charge in [0.1, 0.15) is 0 Å². The second-order valence-electron chi connectivity index (χ2n) is 8.91. The minimum atomic E-state index is -0.114. The third-order valence-corrected chi connectivity index (χ3v) is 7.68. The number of carbonyl (C=O) groups excluding carboxylic acids is 1. The van der Waals surface area contributed by atoms with Crippen molar-refractivity contribution >= 4 is 11.4 Å². The van der Waals surface area contributed by atoms with E-state index in [4.69, 9.17) is 0 Å². The molecule has 0 aromatic carbocycles. The van der Waals surface area contributed by atoms with Gasteiger partial charge in [-0.05, 0) is 42.4 Å². The third kappa shape index (κ3) is 2.14. The van der Waals surface area contributed by atoms with Gasteiger partial charge < -0.3 is 5.11 Å². The van der Waals surface area contributed by atoms with Crippen molar-refractivity contribution in [1.29, 1.82) is 0 Å². The summed E-state index contributed by atoms with van der Waals surface area (Å²) in [6.07, 6.45) is 16.1. The van der Waals surface area contributed by atoms with Gasteiger partial charge in [-0.3, -0.25) is 9.78 Å². The zero-order valence-electron chi connectivity index (χ0n) is 15.9.